The van der Waals surface area contributed by atoms with Gasteiger partial charge in [0.15, 0.2) is 0 Å². The Morgan fingerprint density at radius 2 is 1.93 bits per heavy atom. The van der Waals surface area contributed by atoms with Crippen molar-refractivity contribution in [3.63, 3.8) is 0 Å². The van der Waals surface area contributed by atoms with Crippen molar-refractivity contribution < 1.29 is 14.6 Å². The van der Waals surface area contributed by atoms with Crippen LogP contribution in [0.25, 0.3) is 0 Å². The van der Waals surface area contributed by atoms with Gasteiger partial charge in [-0.05, 0) is 0 Å². The summed E-state index contributed by atoms with van der Waals surface area (Å²) >= 11 is 12.0. The molecular formula is C10H10Cl2O3. The molecule has 1 atom stereocenters. The first-order chi connectivity index (χ1) is 7.04. The van der Waals surface area contributed by atoms with E-state index in [2.05, 4.69) is 5.92 Å². The van der Waals surface area contributed by atoms with E-state index in [1.165, 1.54) is 0 Å². The molecule has 1 heterocycles. The van der Waals surface area contributed by atoms with Crippen molar-refractivity contribution in [2.45, 2.75) is 24.2 Å². The Hall–Kier alpha value is -0.240. The molecule has 0 aromatic carbocycles. The number of hydrogen-bond donors (Lipinski definition) is 1. The van der Waals surface area contributed by atoms with E-state index < -0.39 is 11.4 Å². The highest BCUT2D eigenvalue weighted by Crippen LogP contribution is 2.51. The van der Waals surface area contributed by atoms with Crippen molar-refractivity contribution in [2.24, 2.45) is 0 Å². The van der Waals surface area contributed by atoms with Crippen LogP contribution in [-0.4, -0.2) is 29.7 Å². The van der Waals surface area contributed by atoms with Gasteiger partial charge in [-0.2, -0.15) is 0 Å². The first-order valence-corrected chi connectivity index (χ1v) is 5.30. The molecule has 0 amide bonds. The van der Waals surface area contributed by atoms with Gasteiger partial charge in [0.1, 0.15) is 5.60 Å². The molecule has 0 aromatic heterocycles. The van der Waals surface area contributed by atoms with Gasteiger partial charge in [0.25, 0.3) is 0 Å². The summed E-state index contributed by atoms with van der Waals surface area (Å²) in [5, 5.41) is 10.5. The highest BCUT2D eigenvalue weighted by atomic mass is 35.5. The number of rotatable bonds is 1. The molecule has 0 radical (unpaired) electrons. The normalized spacial score (nSPS) is 33.7. The van der Waals surface area contributed by atoms with E-state index in [0.29, 0.717) is 13.2 Å². The first-order valence-electron chi connectivity index (χ1n) is 4.54. The lowest BCUT2D eigenvalue weighted by Gasteiger charge is -2.26. The zero-order valence-electron chi connectivity index (χ0n) is 7.93. The Morgan fingerprint density at radius 3 is 2.47 bits per heavy atom. The van der Waals surface area contributed by atoms with Crippen LogP contribution in [0.2, 0.25) is 0 Å². The van der Waals surface area contributed by atoms with Crippen LogP contribution in [0.5, 0.6) is 0 Å². The number of terminal acetylenes is 1. The molecule has 1 spiro atoms. The lowest BCUT2D eigenvalue weighted by Crippen LogP contribution is -2.35. The van der Waals surface area contributed by atoms with Gasteiger partial charge in [0.05, 0.1) is 23.3 Å². The molecule has 2 rings (SSSR count). The third kappa shape index (κ3) is 1.57. The molecule has 1 saturated heterocycles. The predicted molar refractivity (Wildman–Crippen MR) is 56.4 cm³/mol. The fourth-order valence-electron chi connectivity index (χ4n) is 1.90. The quantitative estimate of drug-likeness (QED) is 0.717. The monoisotopic (exact) mass is 248 g/mol. The zero-order chi connectivity index (χ0) is 11.1. The van der Waals surface area contributed by atoms with Crippen molar-refractivity contribution in [3.8, 4) is 12.3 Å². The molecule has 82 valence electrons. The van der Waals surface area contributed by atoms with Gasteiger partial charge in [-0.3, -0.25) is 0 Å². The Morgan fingerprint density at radius 1 is 1.33 bits per heavy atom. The number of halogens is 2. The summed E-state index contributed by atoms with van der Waals surface area (Å²) in [5.74, 6) is 1.29. The van der Waals surface area contributed by atoms with Crippen LogP contribution in [0.15, 0.2) is 10.1 Å². The average Bonchev–Trinajstić information content (AvgIpc) is 2.70. The van der Waals surface area contributed by atoms with Crippen molar-refractivity contribution in [2.75, 3.05) is 13.2 Å². The van der Waals surface area contributed by atoms with Crippen molar-refractivity contribution in [1.29, 1.82) is 0 Å². The standard InChI is InChI=1S/C10H10Cl2O3/c1-2-3-9(13)6-10(8(12)7(9)11)14-4-5-15-10/h1,13H,3-6H2. The molecular weight excluding hydrogens is 239 g/mol. The summed E-state index contributed by atoms with van der Waals surface area (Å²) in [5.41, 5.74) is -1.32. The van der Waals surface area contributed by atoms with Gasteiger partial charge in [0.2, 0.25) is 5.79 Å². The van der Waals surface area contributed by atoms with Crippen LogP contribution in [0, 0.1) is 12.3 Å². The lowest BCUT2D eigenvalue weighted by atomic mass is 9.98. The van der Waals surface area contributed by atoms with E-state index in [4.69, 9.17) is 39.1 Å². The fourth-order valence-corrected chi connectivity index (χ4v) is 2.53. The third-order valence-electron chi connectivity index (χ3n) is 2.61. The summed E-state index contributed by atoms with van der Waals surface area (Å²) < 4.78 is 10.8. The SMILES string of the molecule is C#CCC1(O)CC2(OCCO2)C(Cl)=C1Cl. The van der Waals surface area contributed by atoms with Gasteiger partial charge in [-0.15, -0.1) is 12.3 Å². The molecule has 1 fully saturated rings. The summed E-state index contributed by atoms with van der Waals surface area (Å²) in [7, 11) is 0. The summed E-state index contributed by atoms with van der Waals surface area (Å²) in [6.07, 6.45) is 5.42. The van der Waals surface area contributed by atoms with Crippen LogP contribution in [-0.2, 0) is 9.47 Å². The fraction of sp³-hybridized carbons (Fsp3) is 0.600. The number of ether oxygens (including phenoxy) is 2. The second-order valence-corrected chi connectivity index (χ2v) is 4.42. The van der Waals surface area contributed by atoms with Crippen molar-refractivity contribution in [1.82, 2.24) is 0 Å². The molecule has 3 nitrogen and oxygen atoms in total. The molecule has 1 aliphatic heterocycles. The number of hydrogen-bond acceptors (Lipinski definition) is 3. The van der Waals surface area contributed by atoms with E-state index in [1.54, 1.807) is 0 Å². The first kappa shape index (κ1) is 11.3. The Bertz CT molecular complexity index is 352. The van der Waals surface area contributed by atoms with Gasteiger partial charge in [-0.1, -0.05) is 23.2 Å². The van der Waals surface area contributed by atoms with Crippen LogP contribution in [0.1, 0.15) is 12.8 Å². The highest BCUT2D eigenvalue weighted by molar-refractivity contribution is 6.41. The second kappa shape index (κ2) is 3.65. The maximum Gasteiger partial charge on any atom is 0.210 e. The van der Waals surface area contributed by atoms with Crippen molar-refractivity contribution in [3.05, 3.63) is 10.1 Å². The molecule has 1 aliphatic carbocycles. The van der Waals surface area contributed by atoms with Crippen LogP contribution in [0.3, 0.4) is 0 Å². The van der Waals surface area contributed by atoms with E-state index in [0.717, 1.165) is 0 Å². The molecule has 1 N–H and O–H groups in total. The minimum absolute atomic E-state index is 0.0938. The molecule has 0 aromatic rings. The van der Waals surface area contributed by atoms with E-state index in [1.807, 2.05) is 0 Å². The highest BCUT2D eigenvalue weighted by Gasteiger charge is 2.56. The lowest BCUT2D eigenvalue weighted by molar-refractivity contribution is -0.141. The number of aliphatic hydroxyl groups is 1. The third-order valence-corrected chi connectivity index (χ3v) is 3.72. The second-order valence-electron chi connectivity index (χ2n) is 3.67. The van der Waals surface area contributed by atoms with E-state index in [-0.39, 0.29) is 22.9 Å². The summed E-state index contributed by atoms with van der Waals surface area (Å²) in [6.45, 7) is 0.874. The zero-order valence-corrected chi connectivity index (χ0v) is 9.44. The molecule has 2 aliphatic rings. The summed E-state index contributed by atoms with van der Waals surface area (Å²) in [4.78, 5) is 0. The van der Waals surface area contributed by atoms with Crippen LogP contribution >= 0.6 is 23.2 Å². The topological polar surface area (TPSA) is 38.7 Å². The minimum atomic E-state index is -1.32. The maximum absolute atomic E-state index is 10.2. The van der Waals surface area contributed by atoms with Gasteiger partial charge in [-0.25, -0.2) is 0 Å². The van der Waals surface area contributed by atoms with E-state index >= 15 is 0 Å². The maximum atomic E-state index is 10.2. The van der Waals surface area contributed by atoms with E-state index in [9.17, 15) is 5.11 Å². The minimum Gasteiger partial charge on any atom is -0.383 e. The molecule has 15 heavy (non-hydrogen) atoms. The largest absolute Gasteiger partial charge is 0.383 e. The Balaban J connectivity index is 2.34. The molecule has 0 saturated carbocycles. The van der Waals surface area contributed by atoms with Gasteiger partial charge in [0, 0.05) is 12.8 Å². The molecule has 5 heteroatoms. The van der Waals surface area contributed by atoms with Gasteiger partial charge >= 0.3 is 0 Å². The molecule has 1 unspecified atom stereocenters. The van der Waals surface area contributed by atoms with Crippen LogP contribution < -0.4 is 0 Å². The smallest absolute Gasteiger partial charge is 0.210 e. The average molecular weight is 249 g/mol. The Kier molecular flexibility index (Phi) is 2.74. The van der Waals surface area contributed by atoms with Crippen molar-refractivity contribution >= 4 is 23.2 Å². The predicted octanol–water partition coefficient (Wildman–Crippen LogP) is 1.58. The van der Waals surface area contributed by atoms with Crippen LogP contribution in [0.4, 0.5) is 0 Å². The van der Waals surface area contributed by atoms with Gasteiger partial charge < -0.3 is 14.6 Å². The summed E-state index contributed by atoms with van der Waals surface area (Å²) in [6, 6.07) is 0. The Labute approximate surface area is 97.9 Å². The molecule has 0 bridgehead atoms.